The van der Waals surface area contributed by atoms with Crippen molar-refractivity contribution in [3.8, 4) is 0 Å². The monoisotopic (exact) mass is 236 g/mol. The molecule has 2 atom stereocenters. The quantitative estimate of drug-likeness (QED) is 0.816. The lowest BCUT2D eigenvalue weighted by molar-refractivity contribution is 0.197. The summed E-state index contributed by atoms with van der Waals surface area (Å²) in [5.41, 5.74) is 5.76. The van der Waals surface area contributed by atoms with Gasteiger partial charge in [0.1, 0.15) is 0 Å². The van der Waals surface area contributed by atoms with Crippen molar-refractivity contribution in [2.45, 2.75) is 44.9 Å². The second-order valence-electron chi connectivity index (χ2n) is 6.79. The van der Waals surface area contributed by atoms with E-state index in [0.717, 1.165) is 30.2 Å². The molecule has 0 aromatic rings. The lowest BCUT2D eigenvalue weighted by Crippen LogP contribution is -2.31. The molecular weight excluding hydrogens is 208 g/mol. The Bertz CT molecular complexity index is 233. The SMILES string of the molecule is NCC1CCC(CN2CC3CCCC3C2)CC1. The summed E-state index contributed by atoms with van der Waals surface area (Å²) in [6.07, 6.45) is 10.2. The van der Waals surface area contributed by atoms with Crippen molar-refractivity contribution in [1.29, 1.82) is 0 Å². The van der Waals surface area contributed by atoms with E-state index in [9.17, 15) is 0 Å². The van der Waals surface area contributed by atoms with Crippen LogP contribution in [0.15, 0.2) is 0 Å². The van der Waals surface area contributed by atoms with E-state index in [0.29, 0.717) is 0 Å². The highest BCUT2D eigenvalue weighted by Gasteiger charge is 2.36. The second-order valence-corrected chi connectivity index (χ2v) is 6.79. The number of likely N-dealkylation sites (tertiary alicyclic amines) is 1. The van der Waals surface area contributed by atoms with Crippen molar-refractivity contribution in [3.63, 3.8) is 0 Å². The Labute approximate surface area is 106 Å². The van der Waals surface area contributed by atoms with Crippen LogP contribution in [0.5, 0.6) is 0 Å². The molecule has 2 aliphatic carbocycles. The first kappa shape index (κ1) is 12.0. The van der Waals surface area contributed by atoms with Gasteiger partial charge in [-0.05, 0) is 68.7 Å². The van der Waals surface area contributed by atoms with Crippen molar-refractivity contribution in [3.05, 3.63) is 0 Å². The number of nitrogens with two attached hydrogens (primary N) is 1. The zero-order valence-corrected chi connectivity index (χ0v) is 11.1. The van der Waals surface area contributed by atoms with Gasteiger partial charge >= 0.3 is 0 Å². The number of hydrogen-bond acceptors (Lipinski definition) is 2. The molecule has 0 spiro atoms. The summed E-state index contributed by atoms with van der Waals surface area (Å²) >= 11 is 0. The van der Waals surface area contributed by atoms with E-state index in [4.69, 9.17) is 5.73 Å². The molecule has 0 aromatic carbocycles. The summed E-state index contributed by atoms with van der Waals surface area (Å²) in [5, 5.41) is 0. The van der Waals surface area contributed by atoms with Crippen molar-refractivity contribution in [2.75, 3.05) is 26.2 Å². The van der Waals surface area contributed by atoms with Gasteiger partial charge in [-0.3, -0.25) is 0 Å². The van der Waals surface area contributed by atoms with Crippen LogP contribution in [0.2, 0.25) is 0 Å². The predicted octanol–water partition coefficient (Wildman–Crippen LogP) is 2.48. The summed E-state index contributed by atoms with van der Waals surface area (Å²) < 4.78 is 0. The first-order valence-corrected chi connectivity index (χ1v) is 7.77. The van der Waals surface area contributed by atoms with Gasteiger partial charge in [-0.25, -0.2) is 0 Å². The van der Waals surface area contributed by atoms with Crippen LogP contribution in [0.4, 0.5) is 0 Å². The second kappa shape index (κ2) is 5.27. The minimum atomic E-state index is 0.837. The molecular formula is C15H28N2. The van der Waals surface area contributed by atoms with Crippen LogP contribution in [0, 0.1) is 23.7 Å². The summed E-state index contributed by atoms with van der Waals surface area (Å²) in [5.74, 6) is 3.95. The molecule has 0 aromatic heterocycles. The number of hydrogen-bond donors (Lipinski definition) is 1. The van der Waals surface area contributed by atoms with Crippen molar-refractivity contribution in [2.24, 2.45) is 29.4 Å². The van der Waals surface area contributed by atoms with Crippen LogP contribution >= 0.6 is 0 Å². The summed E-state index contributed by atoms with van der Waals surface area (Å²) in [4.78, 5) is 2.78. The first-order chi connectivity index (χ1) is 8.35. The predicted molar refractivity (Wildman–Crippen MR) is 71.8 cm³/mol. The van der Waals surface area contributed by atoms with Crippen LogP contribution in [-0.2, 0) is 0 Å². The van der Waals surface area contributed by atoms with Crippen molar-refractivity contribution in [1.82, 2.24) is 4.90 Å². The standard InChI is InChI=1S/C15H28N2/c16-8-12-4-6-13(7-5-12)9-17-10-14-2-1-3-15(14)11-17/h12-15H,1-11,16H2. The van der Waals surface area contributed by atoms with Crippen LogP contribution in [0.1, 0.15) is 44.9 Å². The number of nitrogens with zero attached hydrogens (tertiary/aromatic N) is 1. The van der Waals surface area contributed by atoms with Gasteiger partial charge in [0, 0.05) is 19.6 Å². The van der Waals surface area contributed by atoms with Gasteiger partial charge in [-0.1, -0.05) is 6.42 Å². The smallest absolute Gasteiger partial charge is 0.00130 e. The maximum atomic E-state index is 5.76. The van der Waals surface area contributed by atoms with Crippen molar-refractivity contribution >= 4 is 0 Å². The zero-order chi connectivity index (χ0) is 11.7. The molecule has 17 heavy (non-hydrogen) atoms. The fourth-order valence-electron chi connectivity index (χ4n) is 4.50. The fourth-order valence-corrected chi connectivity index (χ4v) is 4.50. The van der Waals surface area contributed by atoms with Crippen molar-refractivity contribution < 1.29 is 0 Å². The van der Waals surface area contributed by atoms with Crippen LogP contribution in [0.3, 0.4) is 0 Å². The highest BCUT2D eigenvalue weighted by atomic mass is 15.2. The third kappa shape index (κ3) is 2.68. The van der Waals surface area contributed by atoms with Gasteiger partial charge in [-0.15, -0.1) is 0 Å². The molecule has 3 rings (SSSR count). The molecule has 98 valence electrons. The van der Waals surface area contributed by atoms with Crippen LogP contribution in [0.25, 0.3) is 0 Å². The van der Waals surface area contributed by atoms with E-state index in [1.54, 1.807) is 0 Å². The third-order valence-electron chi connectivity index (χ3n) is 5.62. The Kier molecular flexibility index (Phi) is 3.72. The van der Waals surface area contributed by atoms with E-state index in [2.05, 4.69) is 4.90 Å². The number of rotatable bonds is 3. The molecule has 2 saturated carbocycles. The lowest BCUT2D eigenvalue weighted by Gasteiger charge is -2.31. The van der Waals surface area contributed by atoms with E-state index in [-0.39, 0.29) is 0 Å². The molecule has 3 aliphatic rings. The van der Waals surface area contributed by atoms with E-state index >= 15 is 0 Å². The van der Waals surface area contributed by atoms with Crippen LogP contribution < -0.4 is 5.73 Å². The Morgan fingerprint density at radius 1 is 0.824 bits per heavy atom. The Morgan fingerprint density at radius 2 is 1.41 bits per heavy atom. The normalized spacial score (nSPS) is 42.9. The van der Waals surface area contributed by atoms with E-state index in [1.807, 2.05) is 0 Å². The number of fused-ring (bicyclic) bond motifs is 1. The summed E-state index contributed by atoms with van der Waals surface area (Å²) in [6.45, 7) is 5.15. The minimum absolute atomic E-state index is 0.837. The Hall–Kier alpha value is -0.0800. The first-order valence-electron chi connectivity index (χ1n) is 7.77. The third-order valence-corrected chi connectivity index (χ3v) is 5.62. The van der Waals surface area contributed by atoms with E-state index < -0.39 is 0 Å². The van der Waals surface area contributed by atoms with Gasteiger partial charge in [0.2, 0.25) is 0 Å². The average molecular weight is 236 g/mol. The fraction of sp³-hybridized carbons (Fsp3) is 1.00. The van der Waals surface area contributed by atoms with Gasteiger partial charge in [0.15, 0.2) is 0 Å². The summed E-state index contributed by atoms with van der Waals surface area (Å²) in [6, 6.07) is 0. The molecule has 2 N–H and O–H groups in total. The molecule has 0 amide bonds. The molecule has 2 heteroatoms. The Balaban J connectivity index is 1.43. The molecule has 3 fully saturated rings. The van der Waals surface area contributed by atoms with E-state index in [1.165, 1.54) is 64.6 Å². The van der Waals surface area contributed by atoms with Gasteiger partial charge in [-0.2, -0.15) is 0 Å². The molecule has 1 heterocycles. The molecule has 1 saturated heterocycles. The minimum Gasteiger partial charge on any atom is -0.330 e. The highest BCUT2D eigenvalue weighted by molar-refractivity contribution is 4.89. The van der Waals surface area contributed by atoms with Crippen LogP contribution in [-0.4, -0.2) is 31.1 Å². The lowest BCUT2D eigenvalue weighted by atomic mass is 9.82. The molecule has 1 aliphatic heterocycles. The van der Waals surface area contributed by atoms with Gasteiger partial charge in [0.25, 0.3) is 0 Å². The summed E-state index contributed by atoms with van der Waals surface area (Å²) in [7, 11) is 0. The highest BCUT2D eigenvalue weighted by Crippen LogP contribution is 2.39. The molecule has 0 bridgehead atoms. The zero-order valence-electron chi connectivity index (χ0n) is 11.1. The maximum absolute atomic E-state index is 5.76. The largest absolute Gasteiger partial charge is 0.330 e. The Morgan fingerprint density at radius 3 is 2.00 bits per heavy atom. The maximum Gasteiger partial charge on any atom is 0.00130 e. The topological polar surface area (TPSA) is 29.3 Å². The molecule has 2 nitrogen and oxygen atoms in total. The van der Waals surface area contributed by atoms with Gasteiger partial charge < -0.3 is 10.6 Å². The molecule has 0 radical (unpaired) electrons. The van der Waals surface area contributed by atoms with Gasteiger partial charge in [0.05, 0.1) is 0 Å². The molecule has 2 unspecified atom stereocenters. The average Bonchev–Trinajstić information content (AvgIpc) is 2.90.